The quantitative estimate of drug-likeness (QED) is 0.240. The van der Waals surface area contributed by atoms with Gasteiger partial charge in [-0.25, -0.2) is 9.97 Å². The molecule has 0 fully saturated rings. The van der Waals surface area contributed by atoms with E-state index in [4.69, 9.17) is 9.97 Å². The van der Waals surface area contributed by atoms with Crippen LogP contribution >= 0.6 is 11.3 Å². The average Bonchev–Trinajstić information content (AvgIpc) is 3.39. The van der Waals surface area contributed by atoms with E-state index in [0.717, 1.165) is 44.5 Å². The second kappa shape index (κ2) is 9.91. The molecule has 0 saturated heterocycles. The first kappa shape index (κ1) is 23.0. The van der Waals surface area contributed by atoms with Crippen LogP contribution in [-0.4, -0.2) is 20.9 Å². The van der Waals surface area contributed by atoms with Gasteiger partial charge in [0.05, 0.1) is 39.2 Å². The summed E-state index contributed by atoms with van der Waals surface area (Å²) in [7, 11) is 0. The van der Waals surface area contributed by atoms with E-state index in [0.29, 0.717) is 17.2 Å². The lowest BCUT2D eigenvalue weighted by atomic mass is 10.0. The van der Waals surface area contributed by atoms with Gasteiger partial charge in [0, 0.05) is 17.1 Å². The molecular weight excluding hydrogens is 476 g/mol. The van der Waals surface area contributed by atoms with E-state index in [1.165, 1.54) is 16.9 Å². The number of nitrogens with zero attached hydrogens (tertiary/aromatic N) is 4. The number of rotatable bonds is 6. The standard InChI is InChI=1S/C31H24N4OS/c1-2-21-15-16-27-29(18-21)37-31(34-27)35(20-23-12-8-9-17-32-23)30(36)25-19-28(22-10-4-3-5-11-22)33-26-14-7-6-13-24(25)26/h3-19H,2,20H2,1H3. The van der Waals surface area contributed by atoms with Crippen LogP contribution in [0.4, 0.5) is 5.13 Å². The maximum Gasteiger partial charge on any atom is 0.261 e. The van der Waals surface area contributed by atoms with Crippen molar-refractivity contribution in [2.24, 2.45) is 0 Å². The van der Waals surface area contributed by atoms with Crippen molar-refractivity contribution in [1.82, 2.24) is 15.0 Å². The fourth-order valence-electron chi connectivity index (χ4n) is 4.43. The van der Waals surface area contributed by atoms with Crippen LogP contribution in [0.2, 0.25) is 0 Å². The van der Waals surface area contributed by atoms with Crippen LogP contribution in [0.15, 0.2) is 103 Å². The van der Waals surface area contributed by atoms with Crippen molar-refractivity contribution in [3.63, 3.8) is 0 Å². The van der Waals surface area contributed by atoms with Crippen molar-refractivity contribution in [2.45, 2.75) is 19.9 Å². The summed E-state index contributed by atoms with van der Waals surface area (Å²) in [4.78, 5) is 30.4. The van der Waals surface area contributed by atoms with Gasteiger partial charge >= 0.3 is 0 Å². The molecule has 1 amide bonds. The molecule has 37 heavy (non-hydrogen) atoms. The molecule has 0 saturated carbocycles. The molecule has 0 unspecified atom stereocenters. The van der Waals surface area contributed by atoms with Crippen molar-refractivity contribution < 1.29 is 4.79 Å². The summed E-state index contributed by atoms with van der Waals surface area (Å²) in [5.41, 5.74) is 6.03. The van der Waals surface area contributed by atoms with Gasteiger partial charge < -0.3 is 0 Å². The van der Waals surface area contributed by atoms with Crippen molar-refractivity contribution in [3.8, 4) is 11.3 Å². The Morgan fingerprint density at radius 1 is 0.838 bits per heavy atom. The van der Waals surface area contributed by atoms with E-state index in [-0.39, 0.29) is 5.91 Å². The number of carbonyl (C=O) groups excluding carboxylic acids is 1. The first-order valence-electron chi connectivity index (χ1n) is 12.3. The summed E-state index contributed by atoms with van der Waals surface area (Å²) < 4.78 is 1.07. The highest BCUT2D eigenvalue weighted by Gasteiger charge is 2.25. The SMILES string of the molecule is CCc1ccc2nc(N(Cc3ccccn3)C(=O)c3cc(-c4ccccc4)nc4ccccc34)sc2c1. The zero-order valence-electron chi connectivity index (χ0n) is 20.3. The lowest BCUT2D eigenvalue weighted by molar-refractivity contribution is 0.0986. The fourth-order valence-corrected chi connectivity index (χ4v) is 5.45. The van der Waals surface area contributed by atoms with E-state index in [1.807, 2.05) is 84.9 Å². The predicted molar refractivity (Wildman–Crippen MR) is 151 cm³/mol. The normalized spacial score (nSPS) is 11.2. The third kappa shape index (κ3) is 4.59. The van der Waals surface area contributed by atoms with Crippen LogP contribution < -0.4 is 4.90 Å². The lowest BCUT2D eigenvalue weighted by Gasteiger charge is -2.21. The smallest absolute Gasteiger partial charge is 0.261 e. The van der Waals surface area contributed by atoms with Gasteiger partial charge in [-0.15, -0.1) is 0 Å². The summed E-state index contributed by atoms with van der Waals surface area (Å²) in [6.45, 7) is 2.45. The van der Waals surface area contributed by atoms with Crippen molar-refractivity contribution in [3.05, 3.63) is 120 Å². The molecule has 0 aliphatic carbocycles. The Balaban J connectivity index is 1.51. The van der Waals surface area contributed by atoms with Gasteiger partial charge in [0.2, 0.25) is 0 Å². The second-order valence-electron chi connectivity index (χ2n) is 8.80. The van der Waals surface area contributed by atoms with E-state index < -0.39 is 0 Å². The first-order valence-corrected chi connectivity index (χ1v) is 13.1. The Kier molecular flexibility index (Phi) is 6.16. The molecule has 3 aromatic heterocycles. The molecule has 0 aliphatic rings. The van der Waals surface area contributed by atoms with Crippen molar-refractivity contribution >= 4 is 43.5 Å². The van der Waals surface area contributed by atoms with E-state index in [1.54, 1.807) is 11.1 Å². The molecule has 0 atom stereocenters. The molecule has 0 bridgehead atoms. The monoisotopic (exact) mass is 500 g/mol. The minimum absolute atomic E-state index is 0.129. The number of hydrogen-bond acceptors (Lipinski definition) is 5. The molecule has 0 radical (unpaired) electrons. The van der Waals surface area contributed by atoms with E-state index >= 15 is 0 Å². The Hall–Kier alpha value is -4.42. The maximum absolute atomic E-state index is 14.4. The second-order valence-corrected chi connectivity index (χ2v) is 9.81. The molecule has 3 aromatic carbocycles. The molecule has 0 spiro atoms. The number of hydrogen-bond donors (Lipinski definition) is 0. The number of benzene rings is 3. The third-order valence-corrected chi connectivity index (χ3v) is 7.43. The largest absolute Gasteiger partial charge is 0.278 e. The minimum atomic E-state index is -0.129. The molecule has 5 nitrogen and oxygen atoms in total. The number of carbonyl (C=O) groups is 1. The van der Waals surface area contributed by atoms with Gasteiger partial charge in [0.25, 0.3) is 5.91 Å². The van der Waals surface area contributed by atoms with Gasteiger partial charge in [-0.2, -0.15) is 0 Å². The Labute approximate surface area is 219 Å². The number of pyridine rings is 2. The molecule has 180 valence electrons. The van der Waals surface area contributed by atoms with Gasteiger partial charge in [-0.3, -0.25) is 14.7 Å². The van der Waals surface area contributed by atoms with Gasteiger partial charge in [0.1, 0.15) is 0 Å². The maximum atomic E-state index is 14.4. The molecule has 3 heterocycles. The van der Waals surface area contributed by atoms with Crippen LogP contribution in [0.5, 0.6) is 0 Å². The summed E-state index contributed by atoms with van der Waals surface area (Å²) in [5.74, 6) is -0.129. The summed E-state index contributed by atoms with van der Waals surface area (Å²) in [6.07, 6.45) is 2.70. The van der Waals surface area contributed by atoms with Crippen LogP contribution in [0.25, 0.3) is 32.4 Å². The minimum Gasteiger partial charge on any atom is -0.278 e. The Bertz CT molecular complexity index is 1710. The first-order chi connectivity index (χ1) is 18.2. The van der Waals surface area contributed by atoms with Gasteiger partial charge in [0.15, 0.2) is 5.13 Å². The average molecular weight is 501 g/mol. The number of amides is 1. The predicted octanol–water partition coefficient (Wildman–Crippen LogP) is 7.32. The number of aryl methyl sites for hydroxylation is 1. The number of fused-ring (bicyclic) bond motifs is 2. The summed E-state index contributed by atoms with van der Waals surface area (Å²) in [5, 5.41) is 1.47. The molecule has 6 heteroatoms. The zero-order valence-corrected chi connectivity index (χ0v) is 21.2. The topological polar surface area (TPSA) is 59.0 Å². The van der Waals surface area contributed by atoms with Gasteiger partial charge in [-0.1, -0.05) is 78.9 Å². The number of anilines is 1. The third-order valence-electron chi connectivity index (χ3n) is 6.39. The zero-order chi connectivity index (χ0) is 25.2. The van der Waals surface area contributed by atoms with E-state index in [2.05, 4.69) is 24.0 Å². The van der Waals surface area contributed by atoms with Crippen LogP contribution in [0, 0.1) is 0 Å². The van der Waals surface area contributed by atoms with Crippen molar-refractivity contribution in [2.75, 3.05) is 4.90 Å². The molecule has 0 aliphatic heterocycles. The molecular formula is C31H24N4OS. The van der Waals surface area contributed by atoms with Crippen molar-refractivity contribution in [1.29, 1.82) is 0 Å². The highest BCUT2D eigenvalue weighted by Crippen LogP contribution is 2.33. The highest BCUT2D eigenvalue weighted by molar-refractivity contribution is 7.22. The molecule has 6 aromatic rings. The Morgan fingerprint density at radius 2 is 1.65 bits per heavy atom. The van der Waals surface area contributed by atoms with E-state index in [9.17, 15) is 4.79 Å². The lowest BCUT2D eigenvalue weighted by Crippen LogP contribution is -2.31. The number of para-hydroxylation sites is 1. The summed E-state index contributed by atoms with van der Waals surface area (Å²) >= 11 is 1.53. The molecule has 0 N–H and O–H groups in total. The molecule has 6 rings (SSSR count). The summed E-state index contributed by atoms with van der Waals surface area (Å²) in [6, 6.07) is 31.7. The van der Waals surface area contributed by atoms with Crippen LogP contribution in [0.3, 0.4) is 0 Å². The number of thiazole rings is 1. The van der Waals surface area contributed by atoms with Crippen LogP contribution in [0.1, 0.15) is 28.5 Å². The van der Waals surface area contributed by atoms with Crippen LogP contribution in [-0.2, 0) is 13.0 Å². The van der Waals surface area contributed by atoms with Gasteiger partial charge in [-0.05, 0) is 48.4 Å². The Morgan fingerprint density at radius 3 is 2.46 bits per heavy atom. The highest BCUT2D eigenvalue weighted by atomic mass is 32.1. The number of aromatic nitrogens is 3. The fraction of sp³-hybridized carbons (Fsp3) is 0.0968.